The minimum atomic E-state index is 0.275. The number of nitrogens with one attached hydrogen (secondary N) is 1. The lowest BCUT2D eigenvalue weighted by Crippen LogP contribution is -2.23. The van der Waals surface area contributed by atoms with E-state index in [1.54, 1.807) is 12.3 Å². The lowest BCUT2D eigenvalue weighted by atomic mass is 10.3. The highest BCUT2D eigenvalue weighted by atomic mass is 15.5. The predicted molar refractivity (Wildman–Crippen MR) is 47.0 cm³/mol. The van der Waals surface area contributed by atoms with Crippen LogP contribution < -0.4 is 17.1 Å². The second-order valence-corrected chi connectivity index (χ2v) is 2.35. The fourth-order valence-corrected chi connectivity index (χ4v) is 0.746. The topological polar surface area (TPSA) is 89.3 Å². The van der Waals surface area contributed by atoms with Crippen molar-refractivity contribution in [3.05, 3.63) is 29.6 Å². The molecule has 0 aliphatic heterocycles. The minimum Gasteiger partial charge on any atom is -0.380 e. The minimum absolute atomic E-state index is 0.275. The van der Waals surface area contributed by atoms with E-state index in [0.29, 0.717) is 5.69 Å². The van der Waals surface area contributed by atoms with E-state index in [2.05, 4.69) is 15.6 Å². The maximum Gasteiger partial charge on any atom is 0.170 e. The Morgan fingerprint density at radius 2 is 2.33 bits per heavy atom. The molecule has 0 radical (unpaired) electrons. The molecule has 0 atom stereocenters. The van der Waals surface area contributed by atoms with Gasteiger partial charge in [0.2, 0.25) is 0 Å². The fraction of sp³-hybridized carbons (Fsp3) is 0.143. The molecule has 5 heteroatoms. The average Bonchev–Trinajstić information content (AvgIpc) is 2.06. The number of nitrogens with zero attached hydrogens (tertiary/aromatic N) is 2. The SMILES string of the molecule is Cc1ccc(/C(N)=N/NN)nc1. The standard InChI is InChI=1S/C7H11N5/c1-5-2-3-6(10-4-5)7(8)11-12-9/h2-4,12H,9H2,1H3,(H2,8,11). The maximum atomic E-state index is 5.50. The van der Waals surface area contributed by atoms with Gasteiger partial charge in [0, 0.05) is 6.20 Å². The number of pyridine rings is 1. The lowest BCUT2D eigenvalue weighted by Gasteiger charge is -1.98. The second-order valence-electron chi connectivity index (χ2n) is 2.35. The van der Waals surface area contributed by atoms with E-state index >= 15 is 0 Å². The number of hydrazone groups is 1. The van der Waals surface area contributed by atoms with E-state index in [4.69, 9.17) is 11.6 Å². The summed E-state index contributed by atoms with van der Waals surface area (Å²) in [5.74, 6) is 5.23. The van der Waals surface area contributed by atoms with Crippen molar-refractivity contribution in [2.75, 3.05) is 0 Å². The Bertz CT molecular complexity index is 276. The van der Waals surface area contributed by atoms with Gasteiger partial charge in [-0.2, -0.15) is 0 Å². The van der Waals surface area contributed by atoms with Crippen LogP contribution in [0, 0.1) is 6.92 Å². The molecule has 0 aromatic carbocycles. The summed E-state index contributed by atoms with van der Waals surface area (Å²) >= 11 is 0. The summed E-state index contributed by atoms with van der Waals surface area (Å²) in [6.07, 6.45) is 1.72. The molecule has 64 valence electrons. The quantitative estimate of drug-likeness (QED) is 0.238. The van der Waals surface area contributed by atoms with Gasteiger partial charge in [0.25, 0.3) is 0 Å². The first-order valence-electron chi connectivity index (χ1n) is 3.46. The van der Waals surface area contributed by atoms with E-state index < -0.39 is 0 Å². The summed E-state index contributed by atoms with van der Waals surface area (Å²) in [4.78, 5) is 4.05. The van der Waals surface area contributed by atoms with Crippen LogP contribution in [0.5, 0.6) is 0 Å². The van der Waals surface area contributed by atoms with Crippen molar-refractivity contribution in [2.24, 2.45) is 16.7 Å². The van der Waals surface area contributed by atoms with Crippen molar-refractivity contribution < 1.29 is 0 Å². The predicted octanol–water partition coefficient (Wildman–Crippen LogP) is -0.526. The molecule has 1 heterocycles. The summed E-state index contributed by atoms with van der Waals surface area (Å²) in [6.45, 7) is 1.95. The molecule has 1 rings (SSSR count). The molecule has 0 amide bonds. The fourth-order valence-electron chi connectivity index (χ4n) is 0.746. The van der Waals surface area contributed by atoms with Crippen molar-refractivity contribution in [2.45, 2.75) is 6.92 Å². The van der Waals surface area contributed by atoms with Crippen LogP contribution in [0.2, 0.25) is 0 Å². The van der Waals surface area contributed by atoms with Gasteiger partial charge in [-0.3, -0.25) is 4.98 Å². The number of rotatable bonds is 2. The van der Waals surface area contributed by atoms with Crippen molar-refractivity contribution in [1.82, 2.24) is 10.5 Å². The number of hydrogen-bond acceptors (Lipinski definition) is 4. The molecular formula is C7H11N5. The zero-order valence-electron chi connectivity index (χ0n) is 6.78. The molecule has 0 aliphatic rings. The molecule has 12 heavy (non-hydrogen) atoms. The van der Waals surface area contributed by atoms with Gasteiger partial charge in [0.05, 0.1) is 0 Å². The lowest BCUT2D eigenvalue weighted by molar-refractivity contribution is 0.802. The third-order valence-electron chi connectivity index (χ3n) is 1.36. The molecule has 0 spiro atoms. The summed E-state index contributed by atoms with van der Waals surface area (Å²) < 4.78 is 0. The Balaban J connectivity index is 2.89. The van der Waals surface area contributed by atoms with Gasteiger partial charge in [-0.1, -0.05) is 6.07 Å². The number of hydrazine groups is 1. The van der Waals surface area contributed by atoms with E-state index in [9.17, 15) is 0 Å². The Morgan fingerprint density at radius 1 is 1.58 bits per heavy atom. The zero-order valence-corrected chi connectivity index (χ0v) is 6.78. The molecule has 0 aliphatic carbocycles. The normalized spacial score (nSPS) is 11.3. The van der Waals surface area contributed by atoms with Gasteiger partial charge in [-0.25, -0.2) is 11.4 Å². The Kier molecular flexibility index (Phi) is 2.60. The van der Waals surface area contributed by atoms with Crippen LogP contribution in [0.3, 0.4) is 0 Å². The van der Waals surface area contributed by atoms with E-state index in [-0.39, 0.29) is 5.84 Å². The van der Waals surface area contributed by atoms with Crippen LogP contribution in [0.15, 0.2) is 23.4 Å². The third-order valence-corrected chi connectivity index (χ3v) is 1.36. The van der Waals surface area contributed by atoms with Crippen molar-refractivity contribution >= 4 is 5.84 Å². The molecule has 5 N–H and O–H groups in total. The van der Waals surface area contributed by atoms with Crippen LogP contribution in [0.4, 0.5) is 0 Å². The van der Waals surface area contributed by atoms with Crippen LogP contribution in [-0.4, -0.2) is 10.8 Å². The summed E-state index contributed by atoms with van der Waals surface area (Å²) in [6, 6.07) is 3.69. The number of amidine groups is 1. The Morgan fingerprint density at radius 3 is 2.83 bits per heavy atom. The van der Waals surface area contributed by atoms with Gasteiger partial charge < -0.3 is 5.73 Å². The Hall–Kier alpha value is -1.62. The molecule has 0 saturated carbocycles. The highest BCUT2D eigenvalue weighted by Gasteiger charge is 1.97. The van der Waals surface area contributed by atoms with Crippen molar-refractivity contribution in [1.29, 1.82) is 0 Å². The first-order valence-corrected chi connectivity index (χ1v) is 3.46. The van der Waals surface area contributed by atoms with Gasteiger partial charge in [-0.05, 0) is 18.6 Å². The Labute approximate surface area is 70.4 Å². The van der Waals surface area contributed by atoms with Gasteiger partial charge in [0.15, 0.2) is 5.84 Å². The maximum absolute atomic E-state index is 5.50. The monoisotopic (exact) mass is 165 g/mol. The van der Waals surface area contributed by atoms with E-state index in [1.165, 1.54) is 0 Å². The van der Waals surface area contributed by atoms with Crippen LogP contribution in [0.1, 0.15) is 11.3 Å². The number of hydrogen-bond donors (Lipinski definition) is 3. The van der Waals surface area contributed by atoms with E-state index in [1.807, 2.05) is 13.0 Å². The van der Waals surface area contributed by atoms with Crippen LogP contribution in [0.25, 0.3) is 0 Å². The second kappa shape index (κ2) is 3.68. The first-order chi connectivity index (χ1) is 5.74. The highest BCUT2D eigenvalue weighted by molar-refractivity contribution is 5.95. The van der Waals surface area contributed by atoms with Crippen molar-refractivity contribution in [3.8, 4) is 0 Å². The summed E-state index contributed by atoms with van der Waals surface area (Å²) in [5.41, 5.74) is 9.29. The number of nitrogens with two attached hydrogens (primary N) is 2. The molecule has 5 nitrogen and oxygen atoms in total. The molecule has 0 saturated heterocycles. The third kappa shape index (κ3) is 1.93. The smallest absolute Gasteiger partial charge is 0.170 e. The number of aromatic nitrogens is 1. The van der Waals surface area contributed by atoms with Gasteiger partial charge in [0.1, 0.15) is 5.69 Å². The van der Waals surface area contributed by atoms with Gasteiger partial charge >= 0.3 is 0 Å². The van der Waals surface area contributed by atoms with Gasteiger partial charge in [-0.15, -0.1) is 5.10 Å². The molecule has 1 aromatic rings. The van der Waals surface area contributed by atoms with Crippen molar-refractivity contribution in [3.63, 3.8) is 0 Å². The van der Waals surface area contributed by atoms with Crippen LogP contribution >= 0.6 is 0 Å². The van der Waals surface area contributed by atoms with Crippen LogP contribution in [-0.2, 0) is 0 Å². The zero-order chi connectivity index (χ0) is 8.97. The summed E-state index contributed by atoms with van der Waals surface area (Å²) in [7, 11) is 0. The molecule has 0 bridgehead atoms. The number of aryl methyl sites for hydroxylation is 1. The largest absolute Gasteiger partial charge is 0.380 e. The highest BCUT2D eigenvalue weighted by Crippen LogP contribution is 1.97. The van der Waals surface area contributed by atoms with E-state index in [0.717, 1.165) is 5.56 Å². The first kappa shape index (κ1) is 8.48. The summed E-state index contributed by atoms with van der Waals surface area (Å²) in [5, 5.41) is 3.58. The molecule has 0 unspecified atom stereocenters. The molecular weight excluding hydrogens is 154 g/mol. The average molecular weight is 165 g/mol. The molecule has 0 fully saturated rings. The molecule has 1 aromatic heterocycles.